The smallest absolute Gasteiger partial charge is 0.194 e. The third kappa shape index (κ3) is 4.94. The fourth-order valence-corrected chi connectivity index (χ4v) is 4.61. The van der Waals surface area contributed by atoms with Gasteiger partial charge < -0.3 is 9.64 Å². The van der Waals surface area contributed by atoms with Crippen LogP contribution >= 0.6 is 0 Å². The van der Waals surface area contributed by atoms with Crippen molar-refractivity contribution in [1.29, 1.82) is 5.26 Å². The number of anilines is 1. The predicted molar refractivity (Wildman–Crippen MR) is 133 cm³/mol. The van der Waals surface area contributed by atoms with E-state index in [2.05, 4.69) is 64.2 Å². The van der Waals surface area contributed by atoms with Crippen molar-refractivity contribution >= 4 is 11.3 Å². The molecule has 0 spiro atoms. The van der Waals surface area contributed by atoms with Crippen LogP contribution in [0.25, 0.3) is 16.6 Å². The maximum Gasteiger partial charge on any atom is 0.194 e. The summed E-state index contributed by atoms with van der Waals surface area (Å²) < 4.78 is 9.28. The first-order chi connectivity index (χ1) is 17.0. The molecule has 1 unspecified atom stereocenters. The molecule has 1 fully saturated rings. The maximum absolute atomic E-state index is 9.65. The number of piperazine rings is 1. The summed E-state index contributed by atoms with van der Waals surface area (Å²) >= 11 is 0. The van der Waals surface area contributed by atoms with Crippen molar-refractivity contribution in [2.24, 2.45) is 5.11 Å². The zero-order chi connectivity index (χ0) is 24.4. The lowest BCUT2D eigenvalue weighted by Gasteiger charge is -2.35. The lowest BCUT2D eigenvalue weighted by Crippen LogP contribution is -2.47. The van der Waals surface area contributed by atoms with E-state index in [-0.39, 0.29) is 12.1 Å². The summed E-state index contributed by atoms with van der Waals surface area (Å²) in [5.74, 6) is 0.975. The van der Waals surface area contributed by atoms with Crippen LogP contribution in [0.15, 0.2) is 54.2 Å². The Morgan fingerprint density at radius 1 is 1.20 bits per heavy atom. The van der Waals surface area contributed by atoms with E-state index in [0.29, 0.717) is 5.56 Å². The van der Waals surface area contributed by atoms with Crippen LogP contribution in [0.1, 0.15) is 31.0 Å². The Bertz CT molecular complexity index is 1290. The van der Waals surface area contributed by atoms with Gasteiger partial charge in [-0.25, -0.2) is 9.50 Å². The molecule has 0 N–H and O–H groups in total. The van der Waals surface area contributed by atoms with Gasteiger partial charge in [0.2, 0.25) is 0 Å². The Balaban J connectivity index is 1.36. The van der Waals surface area contributed by atoms with Gasteiger partial charge in [-0.3, -0.25) is 4.90 Å². The number of pyridine rings is 2. The van der Waals surface area contributed by atoms with Crippen LogP contribution in [0.2, 0.25) is 0 Å². The van der Waals surface area contributed by atoms with Crippen molar-refractivity contribution < 1.29 is 9.43 Å². The SMILES string of the molecule is CC(C)OCCN1CCN(c2ccc(-c3cc(C4C=C[N+](C)=N4)cn4ncc(C#N)c34)cn2)CC1. The highest BCUT2D eigenvalue weighted by atomic mass is 16.5. The van der Waals surface area contributed by atoms with Crippen LogP contribution in [-0.2, 0) is 4.74 Å². The predicted octanol–water partition coefficient (Wildman–Crippen LogP) is 3.48. The Hall–Kier alpha value is -3.61. The molecule has 9 heteroatoms. The summed E-state index contributed by atoms with van der Waals surface area (Å²) in [6, 6.07) is 8.46. The number of fused-ring (bicyclic) bond motifs is 1. The molecule has 2 aliphatic heterocycles. The molecule has 180 valence electrons. The molecule has 35 heavy (non-hydrogen) atoms. The number of hydrogen-bond donors (Lipinski definition) is 0. The van der Waals surface area contributed by atoms with Crippen molar-refractivity contribution in [2.75, 3.05) is 51.3 Å². The van der Waals surface area contributed by atoms with Gasteiger partial charge in [0.25, 0.3) is 0 Å². The monoisotopic (exact) mass is 471 g/mol. The largest absolute Gasteiger partial charge is 0.377 e. The van der Waals surface area contributed by atoms with Gasteiger partial charge in [0.05, 0.1) is 30.0 Å². The van der Waals surface area contributed by atoms with Gasteiger partial charge in [0.15, 0.2) is 19.3 Å². The van der Waals surface area contributed by atoms with Crippen LogP contribution in [0, 0.1) is 11.3 Å². The van der Waals surface area contributed by atoms with Crippen LogP contribution < -0.4 is 4.90 Å². The first kappa shape index (κ1) is 23.1. The van der Waals surface area contributed by atoms with Gasteiger partial charge in [-0.2, -0.15) is 10.4 Å². The molecule has 3 aromatic rings. The third-order valence-electron chi connectivity index (χ3n) is 6.50. The van der Waals surface area contributed by atoms with Crippen molar-refractivity contribution in [3.63, 3.8) is 0 Å². The first-order valence-corrected chi connectivity index (χ1v) is 12.1. The lowest BCUT2D eigenvalue weighted by atomic mass is 10.0. The summed E-state index contributed by atoms with van der Waals surface area (Å²) in [5.41, 5.74) is 4.24. The standard InChI is InChI=1S/C26H31N8O/c1-19(2)35-13-12-32-8-10-33(11-9-32)25-5-4-20(16-28-25)23-14-21(24-6-7-31(3)30-24)18-34-26(23)22(15-27)17-29-34/h4-7,14,16-19,24H,8-13H2,1-3H3/q+1. The normalized spacial score (nSPS) is 18.4. The Kier molecular flexibility index (Phi) is 6.57. The number of nitriles is 1. The number of ether oxygens (including phenoxy) is 1. The quantitative estimate of drug-likeness (QED) is 0.491. The summed E-state index contributed by atoms with van der Waals surface area (Å²) in [7, 11) is 1.92. The Morgan fingerprint density at radius 2 is 2.03 bits per heavy atom. The van der Waals surface area contributed by atoms with E-state index in [1.165, 1.54) is 0 Å². The van der Waals surface area contributed by atoms with Crippen molar-refractivity contribution in [3.8, 4) is 17.2 Å². The highest BCUT2D eigenvalue weighted by Gasteiger charge is 2.22. The number of aromatic nitrogens is 3. The van der Waals surface area contributed by atoms with E-state index in [1.807, 2.05) is 30.3 Å². The first-order valence-electron chi connectivity index (χ1n) is 12.1. The zero-order valence-corrected chi connectivity index (χ0v) is 20.5. The second-order valence-corrected chi connectivity index (χ2v) is 9.28. The highest BCUT2D eigenvalue weighted by molar-refractivity contribution is 5.84. The van der Waals surface area contributed by atoms with E-state index < -0.39 is 0 Å². The third-order valence-corrected chi connectivity index (χ3v) is 6.50. The van der Waals surface area contributed by atoms with Gasteiger partial charge in [-0.15, -0.1) is 0 Å². The molecule has 9 nitrogen and oxygen atoms in total. The molecular formula is C26H31N8O+. The second-order valence-electron chi connectivity index (χ2n) is 9.28. The fourth-order valence-electron chi connectivity index (χ4n) is 4.61. The minimum Gasteiger partial charge on any atom is -0.377 e. The van der Waals surface area contributed by atoms with E-state index in [9.17, 15) is 5.26 Å². The van der Waals surface area contributed by atoms with Gasteiger partial charge in [0, 0.05) is 67.9 Å². The molecule has 0 saturated carbocycles. The van der Waals surface area contributed by atoms with Crippen LogP contribution in [0.3, 0.4) is 0 Å². The molecule has 0 amide bonds. The topological polar surface area (TPSA) is 85.1 Å². The number of nitrogens with zero attached hydrogens (tertiary/aromatic N) is 8. The zero-order valence-electron chi connectivity index (χ0n) is 20.5. The molecule has 2 aliphatic rings. The molecule has 5 rings (SSSR count). The van der Waals surface area contributed by atoms with Gasteiger partial charge in [-0.1, -0.05) is 4.70 Å². The van der Waals surface area contributed by atoms with Crippen molar-refractivity contribution in [1.82, 2.24) is 19.5 Å². The second kappa shape index (κ2) is 9.94. The van der Waals surface area contributed by atoms with Crippen LogP contribution in [-0.4, -0.2) is 76.7 Å². The Morgan fingerprint density at radius 3 is 2.69 bits per heavy atom. The molecule has 1 atom stereocenters. The molecule has 3 aromatic heterocycles. The molecule has 0 aliphatic carbocycles. The molecule has 5 heterocycles. The van der Waals surface area contributed by atoms with E-state index in [1.54, 1.807) is 10.7 Å². The van der Waals surface area contributed by atoms with E-state index in [4.69, 9.17) is 9.72 Å². The Labute approximate surface area is 205 Å². The maximum atomic E-state index is 9.65. The molecule has 1 saturated heterocycles. The van der Waals surface area contributed by atoms with Gasteiger partial charge in [-0.05, 0) is 37.2 Å². The molecule has 0 aromatic carbocycles. The highest BCUT2D eigenvalue weighted by Crippen LogP contribution is 2.33. The summed E-state index contributed by atoms with van der Waals surface area (Å²) in [6.07, 6.45) is 9.74. The molecule has 0 bridgehead atoms. The van der Waals surface area contributed by atoms with E-state index >= 15 is 0 Å². The minimum atomic E-state index is -0.0765. The van der Waals surface area contributed by atoms with Crippen molar-refractivity contribution in [3.05, 3.63) is 60.2 Å². The average molecular weight is 472 g/mol. The van der Waals surface area contributed by atoms with E-state index in [0.717, 1.165) is 67.4 Å². The van der Waals surface area contributed by atoms with Crippen molar-refractivity contribution in [2.45, 2.75) is 26.0 Å². The summed E-state index contributed by atoms with van der Waals surface area (Å²) in [6.45, 7) is 9.78. The average Bonchev–Trinajstić information content (AvgIpc) is 3.50. The summed E-state index contributed by atoms with van der Waals surface area (Å²) in [5, 5.41) is 18.7. The van der Waals surface area contributed by atoms with Gasteiger partial charge >= 0.3 is 0 Å². The summed E-state index contributed by atoms with van der Waals surface area (Å²) in [4.78, 5) is 9.57. The fraction of sp³-hybridized carbons (Fsp3) is 0.423. The van der Waals surface area contributed by atoms with Crippen LogP contribution in [0.5, 0.6) is 0 Å². The van der Waals surface area contributed by atoms with Crippen LogP contribution in [0.4, 0.5) is 5.82 Å². The molecular weight excluding hydrogens is 440 g/mol. The molecule has 0 radical (unpaired) electrons. The number of azo groups is 2. The number of hydrogen-bond acceptors (Lipinski definition) is 7. The minimum absolute atomic E-state index is 0.0765. The number of rotatable bonds is 7. The lowest BCUT2D eigenvalue weighted by molar-refractivity contribution is -0.493. The van der Waals surface area contributed by atoms with Gasteiger partial charge in [0.1, 0.15) is 11.9 Å².